The molecule has 2 aliphatic rings. The molecule has 0 aliphatic carbocycles. The molecular weight excluding hydrogens is 344 g/mol. The number of carbonyl (C=O) groups excluding carboxylic acids is 1. The monoisotopic (exact) mass is 368 g/mol. The van der Waals surface area contributed by atoms with E-state index in [0.717, 1.165) is 24.9 Å². The van der Waals surface area contributed by atoms with Crippen molar-refractivity contribution in [2.45, 2.75) is 31.3 Å². The van der Waals surface area contributed by atoms with Gasteiger partial charge in [0.15, 0.2) is 0 Å². The molecule has 0 N–H and O–H groups in total. The molecule has 2 heterocycles. The minimum Gasteiger partial charge on any atom is -0.268 e. The van der Waals surface area contributed by atoms with Crippen molar-refractivity contribution in [3.63, 3.8) is 0 Å². The number of amides is 1. The Hall–Kier alpha value is -2.91. The van der Waals surface area contributed by atoms with Crippen LogP contribution < -0.4 is 0 Å². The van der Waals surface area contributed by atoms with Crippen LogP contribution in [0.15, 0.2) is 84.9 Å². The summed E-state index contributed by atoms with van der Waals surface area (Å²) >= 11 is 0. The van der Waals surface area contributed by atoms with Gasteiger partial charge in [0.25, 0.3) is 5.91 Å². The topological polar surface area (TPSA) is 23.6 Å². The molecule has 28 heavy (non-hydrogen) atoms. The highest BCUT2D eigenvalue weighted by molar-refractivity contribution is 5.94. The summed E-state index contributed by atoms with van der Waals surface area (Å²) < 4.78 is 0. The molecule has 1 amide bonds. The van der Waals surface area contributed by atoms with Crippen LogP contribution in [0, 0.1) is 0 Å². The molecule has 0 saturated carbocycles. The molecule has 0 unspecified atom stereocenters. The van der Waals surface area contributed by atoms with Crippen LogP contribution in [0.3, 0.4) is 0 Å². The van der Waals surface area contributed by atoms with Gasteiger partial charge in [-0.05, 0) is 48.6 Å². The molecule has 3 aromatic carbocycles. The van der Waals surface area contributed by atoms with E-state index in [1.807, 2.05) is 41.4 Å². The van der Waals surface area contributed by atoms with Crippen LogP contribution in [0.1, 0.15) is 46.4 Å². The van der Waals surface area contributed by atoms with Crippen molar-refractivity contribution in [3.8, 4) is 0 Å². The molecule has 3 nitrogen and oxygen atoms in total. The lowest BCUT2D eigenvalue weighted by Gasteiger charge is -2.44. The van der Waals surface area contributed by atoms with Crippen molar-refractivity contribution >= 4 is 5.91 Å². The molecular formula is C25H24N2O. The Balaban J connectivity index is 1.64. The molecule has 0 bridgehead atoms. The van der Waals surface area contributed by atoms with Gasteiger partial charge in [-0.2, -0.15) is 0 Å². The predicted molar refractivity (Wildman–Crippen MR) is 111 cm³/mol. The molecule has 5 rings (SSSR count). The average molecular weight is 368 g/mol. The molecule has 140 valence electrons. The Labute approximate surface area is 166 Å². The zero-order valence-corrected chi connectivity index (χ0v) is 16.1. The summed E-state index contributed by atoms with van der Waals surface area (Å²) in [6, 6.07) is 28.8. The molecule has 0 aromatic heterocycles. The van der Waals surface area contributed by atoms with Crippen LogP contribution in [0.4, 0.5) is 0 Å². The summed E-state index contributed by atoms with van der Waals surface area (Å²) in [5.74, 6) is 0.0811. The highest BCUT2D eigenvalue weighted by atomic mass is 16.2. The van der Waals surface area contributed by atoms with Gasteiger partial charge >= 0.3 is 0 Å². The van der Waals surface area contributed by atoms with Crippen molar-refractivity contribution in [2.75, 3.05) is 6.54 Å². The Bertz CT molecular complexity index is 1000. The maximum atomic E-state index is 13.6. The van der Waals surface area contributed by atoms with Crippen molar-refractivity contribution in [1.82, 2.24) is 10.0 Å². The summed E-state index contributed by atoms with van der Waals surface area (Å²) in [5.41, 5.74) is 4.51. The fourth-order valence-electron chi connectivity index (χ4n) is 4.97. The first-order valence-corrected chi connectivity index (χ1v) is 9.98. The molecule has 2 aliphatic heterocycles. The van der Waals surface area contributed by atoms with Gasteiger partial charge in [0.05, 0.1) is 11.6 Å². The predicted octanol–water partition coefficient (Wildman–Crippen LogP) is 4.96. The minimum atomic E-state index is -0.181. The Kier molecular flexibility index (Phi) is 4.06. The second kappa shape index (κ2) is 6.61. The molecule has 1 saturated heterocycles. The maximum absolute atomic E-state index is 13.6. The third-order valence-electron chi connectivity index (χ3n) is 6.32. The van der Waals surface area contributed by atoms with Gasteiger partial charge in [-0.3, -0.25) is 9.80 Å². The van der Waals surface area contributed by atoms with E-state index in [1.54, 1.807) is 0 Å². The first-order chi connectivity index (χ1) is 13.7. The summed E-state index contributed by atoms with van der Waals surface area (Å²) in [4.78, 5) is 13.6. The normalized spacial score (nSPS) is 23.9. The SMILES string of the molecule is C[C@]12C[C@H](c3ccccc3)N(C(=O)c3ccccc3)N1CCc1ccccc12. The number of nitrogens with zero attached hydrogens (tertiary/aromatic N) is 2. The van der Waals surface area contributed by atoms with Gasteiger partial charge in [-0.25, -0.2) is 5.01 Å². The van der Waals surface area contributed by atoms with Crippen molar-refractivity contribution < 1.29 is 4.79 Å². The third kappa shape index (κ3) is 2.58. The van der Waals surface area contributed by atoms with Crippen molar-refractivity contribution in [3.05, 3.63) is 107 Å². The van der Waals surface area contributed by atoms with E-state index >= 15 is 0 Å². The molecule has 0 spiro atoms. The Morgan fingerprint density at radius 3 is 2.29 bits per heavy atom. The van der Waals surface area contributed by atoms with Gasteiger partial charge in [-0.1, -0.05) is 72.8 Å². The summed E-state index contributed by atoms with van der Waals surface area (Å²) in [5, 5.41) is 4.35. The van der Waals surface area contributed by atoms with Crippen LogP contribution in [0.25, 0.3) is 0 Å². The van der Waals surface area contributed by atoms with Gasteiger partial charge in [0.1, 0.15) is 0 Å². The minimum absolute atomic E-state index is 0.0325. The summed E-state index contributed by atoms with van der Waals surface area (Å²) in [6.07, 6.45) is 1.86. The van der Waals surface area contributed by atoms with Crippen LogP contribution in [-0.2, 0) is 12.0 Å². The lowest BCUT2D eigenvalue weighted by atomic mass is 9.80. The third-order valence-corrected chi connectivity index (χ3v) is 6.32. The number of carbonyl (C=O) groups is 1. The number of hydrogen-bond acceptors (Lipinski definition) is 2. The summed E-state index contributed by atoms with van der Waals surface area (Å²) in [6.45, 7) is 3.15. The number of hydrazine groups is 1. The largest absolute Gasteiger partial charge is 0.268 e. The van der Waals surface area contributed by atoms with E-state index in [1.165, 1.54) is 16.7 Å². The van der Waals surface area contributed by atoms with Crippen LogP contribution in [0.5, 0.6) is 0 Å². The Morgan fingerprint density at radius 1 is 0.893 bits per heavy atom. The fourth-order valence-corrected chi connectivity index (χ4v) is 4.97. The summed E-state index contributed by atoms with van der Waals surface area (Å²) in [7, 11) is 0. The number of rotatable bonds is 2. The van der Waals surface area contributed by atoms with E-state index in [9.17, 15) is 4.79 Å². The quantitative estimate of drug-likeness (QED) is 0.638. The van der Waals surface area contributed by atoms with Gasteiger partial charge < -0.3 is 0 Å². The molecule has 0 radical (unpaired) electrons. The van der Waals surface area contributed by atoms with E-state index in [2.05, 4.69) is 60.5 Å². The number of benzene rings is 3. The van der Waals surface area contributed by atoms with E-state index < -0.39 is 0 Å². The molecule has 1 fully saturated rings. The highest BCUT2D eigenvalue weighted by Crippen LogP contribution is 2.51. The van der Waals surface area contributed by atoms with Gasteiger partial charge in [0, 0.05) is 12.1 Å². The van der Waals surface area contributed by atoms with Crippen LogP contribution >= 0.6 is 0 Å². The smallest absolute Gasteiger partial charge is 0.268 e. The zero-order chi connectivity index (χ0) is 19.1. The van der Waals surface area contributed by atoms with E-state index in [-0.39, 0.29) is 17.5 Å². The van der Waals surface area contributed by atoms with E-state index in [4.69, 9.17) is 0 Å². The number of hydrogen-bond donors (Lipinski definition) is 0. The first kappa shape index (κ1) is 17.2. The Morgan fingerprint density at radius 2 is 1.54 bits per heavy atom. The standard InChI is InChI=1S/C25H24N2O/c1-25-18-23(20-11-4-2-5-12-20)27(24(28)21-13-6-3-7-14-21)26(25)17-16-19-10-8-9-15-22(19)25/h2-15,23H,16-18H2,1H3/t23-,25-/m1/s1. The van der Waals surface area contributed by atoms with Crippen molar-refractivity contribution in [2.24, 2.45) is 0 Å². The van der Waals surface area contributed by atoms with Crippen molar-refractivity contribution in [1.29, 1.82) is 0 Å². The van der Waals surface area contributed by atoms with Crippen LogP contribution in [0.2, 0.25) is 0 Å². The number of fused-ring (bicyclic) bond motifs is 3. The molecule has 3 heteroatoms. The molecule has 3 aromatic rings. The second-order valence-electron chi connectivity index (χ2n) is 7.95. The first-order valence-electron chi connectivity index (χ1n) is 9.98. The maximum Gasteiger partial charge on any atom is 0.268 e. The fraction of sp³-hybridized carbons (Fsp3) is 0.240. The average Bonchev–Trinajstić information content (AvgIpc) is 3.08. The van der Waals surface area contributed by atoms with Gasteiger partial charge in [0.2, 0.25) is 0 Å². The highest BCUT2D eigenvalue weighted by Gasteiger charge is 2.53. The lowest BCUT2D eigenvalue weighted by Crippen LogP contribution is -2.52. The van der Waals surface area contributed by atoms with E-state index in [0.29, 0.717) is 0 Å². The second-order valence-corrected chi connectivity index (χ2v) is 7.95. The zero-order valence-electron chi connectivity index (χ0n) is 16.1. The van der Waals surface area contributed by atoms with Crippen LogP contribution in [-0.4, -0.2) is 22.5 Å². The lowest BCUT2D eigenvalue weighted by molar-refractivity contribution is -0.0453. The molecule has 2 atom stereocenters. The van der Waals surface area contributed by atoms with Gasteiger partial charge in [-0.15, -0.1) is 0 Å².